The smallest absolute Gasteiger partial charge is 0.308 e. The molecule has 0 saturated heterocycles. The van der Waals surface area contributed by atoms with Crippen LogP contribution in [0.4, 0.5) is 0 Å². The van der Waals surface area contributed by atoms with Gasteiger partial charge in [0.05, 0.1) is 5.92 Å². The molecule has 2 rings (SSSR count). The first-order valence-corrected chi connectivity index (χ1v) is 10.4. The third kappa shape index (κ3) is 6.85. The molecule has 0 bridgehead atoms. The fourth-order valence-electron chi connectivity index (χ4n) is 4.37. The van der Waals surface area contributed by atoms with Crippen LogP contribution in [0.5, 0.6) is 0 Å². The first-order chi connectivity index (χ1) is 11.2. The van der Waals surface area contributed by atoms with Gasteiger partial charge >= 0.3 is 5.97 Å². The van der Waals surface area contributed by atoms with E-state index >= 15 is 0 Å². The topological polar surface area (TPSA) is 26.3 Å². The van der Waals surface area contributed by atoms with E-state index in [9.17, 15) is 4.79 Å². The summed E-state index contributed by atoms with van der Waals surface area (Å²) >= 11 is 0. The minimum absolute atomic E-state index is 0.0635. The van der Waals surface area contributed by atoms with Gasteiger partial charge in [0, 0.05) is 0 Å². The fraction of sp³-hybridized carbons (Fsp3) is 0.952. The van der Waals surface area contributed by atoms with Gasteiger partial charge in [-0.3, -0.25) is 4.79 Å². The van der Waals surface area contributed by atoms with Crippen LogP contribution in [-0.2, 0) is 9.53 Å². The Kier molecular flexibility index (Phi) is 8.47. The molecule has 134 valence electrons. The zero-order chi connectivity index (χ0) is 16.5. The van der Waals surface area contributed by atoms with Crippen LogP contribution in [0, 0.1) is 17.8 Å². The van der Waals surface area contributed by atoms with Crippen LogP contribution in [0.15, 0.2) is 0 Å². The Morgan fingerprint density at radius 3 is 2.17 bits per heavy atom. The Hall–Kier alpha value is -0.530. The van der Waals surface area contributed by atoms with E-state index < -0.39 is 0 Å². The molecule has 2 saturated carbocycles. The highest BCUT2D eigenvalue weighted by atomic mass is 16.5. The summed E-state index contributed by atoms with van der Waals surface area (Å²) in [6.45, 7) is 4.36. The normalized spacial score (nSPS) is 27.6. The van der Waals surface area contributed by atoms with Crippen LogP contribution in [-0.4, -0.2) is 12.1 Å². The van der Waals surface area contributed by atoms with Gasteiger partial charge in [0.1, 0.15) is 6.10 Å². The fourth-order valence-corrected chi connectivity index (χ4v) is 4.37. The van der Waals surface area contributed by atoms with E-state index in [2.05, 4.69) is 13.8 Å². The van der Waals surface area contributed by atoms with Gasteiger partial charge < -0.3 is 4.74 Å². The van der Waals surface area contributed by atoms with Crippen molar-refractivity contribution < 1.29 is 9.53 Å². The van der Waals surface area contributed by atoms with Gasteiger partial charge in [0.15, 0.2) is 0 Å². The molecule has 2 aliphatic carbocycles. The van der Waals surface area contributed by atoms with E-state index in [4.69, 9.17) is 4.74 Å². The molecule has 0 aromatic heterocycles. The second-order valence-electron chi connectivity index (χ2n) is 8.20. The molecule has 2 nitrogen and oxygen atoms in total. The van der Waals surface area contributed by atoms with Crippen LogP contribution < -0.4 is 0 Å². The van der Waals surface area contributed by atoms with E-state index in [0.717, 1.165) is 31.1 Å². The molecule has 0 N–H and O–H groups in total. The Balaban J connectivity index is 1.58. The summed E-state index contributed by atoms with van der Waals surface area (Å²) in [6, 6.07) is 0. The van der Waals surface area contributed by atoms with Crippen LogP contribution in [0.2, 0.25) is 0 Å². The lowest BCUT2D eigenvalue weighted by atomic mass is 9.77. The maximum absolute atomic E-state index is 12.2. The van der Waals surface area contributed by atoms with E-state index in [1.165, 1.54) is 70.6 Å². The second-order valence-corrected chi connectivity index (χ2v) is 8.20. The van der Waals surface area contributed by atoms with Crippen molar-refractivity contribution >= 4 is 5.97 Å². The molecule has 2 aliphatic rings. The standard InChI is InChI=1S/C21H38O2/c1-3-4-8-18-13-15-19(16-14-18)12-11-17(2)21(22)23-20-9-6-5-7-10-20/h17-20H,3-16H2,1-2H3. The molecule has 0 heterocycles. The highest BCUT2D eigenvalue weighted by molar-refractivity contribution is 5.72. The van der Waals surface area contributed by atoms with Crippen molar-refractivity contribution in [3.8, 4) is 0 Å². The lowest BCUT2D eigenvalue weighted by Crippen LogP contribution is -2.25. The molecule has 0 radical (unpaired) electrons. The maximum Gasteiger partial charge on any atom is 0.308 e. The summed E-state index contributed by atoms with van der Waals surface area (Å²) in [7, 11) is 0. The van der Waals surface area contributed by atoms with E-state index in [1.54, 1.807) is 0 Å². The number of rotatable bonds is 8. The zero-order valence-corrected chi connectivity index (χ0v) is 15.5. The Morgan fingerprint density at radius 1 is 0.957 bits per heavy atom. The van der Waals surface area contributed by atoms with Gasteiger partial charge in [-0.2, -0.15) is 0 Å². The number of hydrogen-bond acceptors (Lipinski definition) is 2. The van der Waals surface area contributed by atoms with Gasteiger partial charge in [0.25, 0.3) is 0 Å². The minimum atomic E-state index is 0.0635. The minimum Gasteiger partial charge on any atom is -0.462 e. The van der Waals surface area contributed by atoms with Crippen molar-refractivity contribution in [3.63, 3.8) is 0 Å². The predicted molar refractivity (Wildman–Crippen MR) is 96.3 cm³/mol. The Morgan fingerprint density at radius 2 is 1.57 bits per heavy atom. The lowest BCUT2D eigenvalue weighted by Gasteiger charge is -2.29. The molecule has 0 amide bonds. The Labute approximate surface area is 143 Å². The van der Waals surface area contributed by atoms with E-state index in [-0.39, 0.29) is 18.0 Å². The molecule has 1 unspecified atom stereocenters. The predicted octanol–water partition coefficient (Wildman–Crippen LogP) is 6.28. The summed E-state index contributed by atoms with van der Waals surface area (Å²) < 4.78 is 5.72. The highest BCUT2D eigenvalue weighted by Gasteiger charge is 2.24. The first kappa shape index (κ1) is 18.8. The van der Waals surface area contributed by atoms with Crippen molar-refractivity contribution in [2.24, 2.45) is 17.8 Å². The summed E-state index contributed by atoms with van der Waals surface area (Å²) in [6.07, 6.45) is 18.2. The van der Waals surface area contributed by atoms with Crippen molar-refractivity contribution in [3.05, 3.63) is 0 Å². The number of hydrogen-bond donors (Lipinski definition) is 0. The molecule has 2 heteroatoms. The molecule has 0 aromatic carbocycles. The van der Waals surface area contributed by atoms with Crippen LogP contribution in [0.3, 0.4) is 0 Å². The van der Waals surface area contributed by atoms with Crippen molar-refractivity contribution in [2.45, 2.75) is 110 Å². The van der Waals surface area contributed by atoms with Crippen molar-refractivity contribution in [2.75, 3.05) is 0 Å². The van der Waals surface area contributed by atoms with E-state index in [0.29, 0.717) is 0 Å². The monoisotopic (exact) mass is 322 g/mol. The number of ether oxygens (including phenoxy) is 1. The van der Waals surface area contributed by atoms with Gasteiger partial charge in [-0.25, -0.2) is 0 Å². The SMILES string of the molecule is CCCCC1CCC(CCC(C)C(=O)OC2CCCCC2)CC1. The summed E-state index contributed by atoms with van der Waals surface area (Å²) in [5.41, 5.74) is 0. The van der Waals surface area contributed by atoms with E-state index in [1.807, 2.05) is 0 Å². The zero-order valence-electron chi connectivity index (χ0n) is 15.5. The molecule has 0 spiro atoms. The summed E-state index contributed by atoms with van der Waals surface area (Å²) in [5, 5.41) is 0. The molecule has 2 fully saturated rings. The molecular formula is C21H38O2. The largest absolute Gasteiger partial charge is 0.462 e. The molecule has 1 atom stereocenters. The number of unbranched alkanes of at least 4 members (excludes halogenated alkanes) is 1. The van der Waals surface area contributed by atoms with Crippen LogP contribution in [0.25, 0.3) is 0 Å². The third-order valence-corrected chi connectivity index (χ3v) is 6.18. The summed E-state index contributed by atoms with van der Waals surface area (Å²) in [4.78, 5) is 12.2. The van der Waals surface area contributed by atoms with Crippen LogP contribution >= 0.6 is 0 Å². The van der Waals surface area contributed by atoms with Crippen molar-refractivity contribution in [1.82, 2.24) is 0 Å². The third-order valence-electron chi connectivity index (χ3n) is 6.18. The number of esters is 1. The van der Waals surface area contributed by atoms with Gasteiger partial charge in [-0.05, 0) is 50.4 Å². The van der Waals surface area contributed by atoms with Gasteiger partial charge in [0.2, 0.25) is 0 Å². The molecule has 0 aliphatic heterocycles. The van der Waals surface area contributed by atoms with Crippen LogP contribution in [0.1, 0.15) is 104 Å². The molecule has 0 aromatic rings. The summed E-state index contributed by atoms with van der Waals surface area (Å²) in [5.74, 6) is 2.00. The van der Waals surface area contributed by atoms with Gasteiger partial charge in [-0.1, -0.05) is 65.2 Å². The first-order valence-electron chi connectivity index (χ1n) is 10.4. The number of carbonyl (C=O) groups excluding carboxylic acids is 1. The Bertz CT molecular complexity index is 325. The molecular weight excluding hydrogens is 284 g/mol. The molecule has 23 heavy (non-hydrogen) atoms. The average Bonchev–Trinajstić information content (AvgIpc) is 2.59. The van der Waals surface area contributed by atoms with Gasteiger partial charge in [-0.15, -0.1) is 0 Å². The average molecular weight is 323 g/mol. The highest BCUT2D eigenvalue weighted by Crippen LogP contribution is 2.35. The quantitative estimate of drug-likeness (QED) is 0.492. The van der Waals surface area contributed by atoms with Crippen molar-refractivity contribution in [1.29, 1.82) is 0 Å². The second kappa shape index (κ2) is 10.4. The lowest BCUT2D eigenvalue weighted by molar-refractivity contribution is -0.155. The number of carbonyl (C=O) groups is 1. The maximum atomic E-state index is 12.2.